The Balaban J connectivity index is 0.000000110. The number of hydrogen-bond acceptors (Lipinski definition) is 5. The number of furan rings is 5. The van der Waals surface area contributed by atoms with Gasteiger partial charge in [0, 0.05) is 114 Å². The van der Waals surface area contributed by atoms with E-state index in [-0.39, 0.29) is 27.1 Å². The summed E-state index contributed by atoms with van der Waals surface area (Å²) in [5.74, 6) is 0. The molecule has 0 aliphatic carbocycles. The van der Waals surface area contributed by atoms with Crippen molar-refractivity contribution in [3.8, 4) is 0 Å². The van der Waals surface area contributed by atoms with E-state index in [2.05, 4.69) is 214 Å². The summed E-state index contributed by atoms with van der Waals surface area (Å²) in [7, 11) is 0. The molecule has 0 aliphatic heterocycles. The Kier molecular flexibility index (Phi) is 16.6. The molecule has 0 atom stereocenters. The summed E-state index contributed by atoms with van der Waals surface area (Å²) in [6, 6.07) is 86.5. The van der Waals surface area contributed by atoms with Crippen molar-refractivity contribution in [1.82, 2.24) is 0 Å². The highest BCUT2D eigenvalue weighted by molar-refractivity contribution is 6.35. The molecule has 628 valence electrons. The molecule has 5 heteroatoms. The molecule has 0 bridgehead atoms. The molecular formula is C121H114O5. The van der Waals surface area contributed by atoms with E-state index in [0.29, 0.717) is 44.6 Å². The Morgan fingerprint density at radius 1 is 0.175 bits per heavy atom. The third-order valence-electron chi connectivity index (χ3n) is 25.8. The molecule has 23 rings (SSSR count). The Morgan fingerprint density at radius 3 is 0.984 bits per heavy atom. The maximum Gasteiger partial charge on any atom is 0.143 e. The van der Waals surface area contributed by atoms with Crippen LogP contribution in [-0.2, 0) is 27.1 Å². The van der Waals surface area contributed by atoms with Crippen LogP contribution in [0.3, 0.4) is 0 Å². The van der Waals surface area contributed by atoms with Gasteiger partial charge in [0.25, 0.3) is 0 Å². The van der Waals surface area contributed by atoms with Crippen molar-refractivity contribution in [2.24, 2.45) is 0 Å². The largest absolute Gasteiger partial charge is 0.456 e. The quantitative estimate of drug-likeness (QED) is 0.142. The van der Waals surface area contributed by atoms with Crippen LogP contribution < -0.4 is 0 Å². The van der Waals surface area contributed by atoms with Crippen molar-refractivity contribution in [2.45, 2.75) is 193 Å². The Morgan fingerprint density at radius 2 is 0.476 bits per heavy atom. The number of rotatable bonds is 0. The van der Waals surface area contributed by atoms with Crippen LogP contribution in [0.5, 0.6) is 0 Å². The van der Waals surface area contributed by atoms with Crippen LogP contribution in [0.25, 0.3) is 196 Å². The monoisotopic (exact) mass is 1660 g/mol. The summed E-state index contributed by atoms with van der Waals surface area (Å²) in [6.07, 6.45) is 0. The maximum atomic E-state index is 8.18. The van der Waals surface area contributed by atoms with Crippen molar-refractivity contribution < 1.29 is 38.5 Å². The lowest BCUT2D eigenvalue weighted by atomic mass is 9.82. The number of fused-ring (bicyclic) bond motifs is 31. The van der Waals surface area contributed by atoms with Gasteiger partial charge in [-0.1, -0.05) is 316 Å². The SMILES string of the molecule is Cc1ccc2c(oc3ccc4c5ccccc5c5ccccc5c4c32)c1C(C)(C)C.[2H]C([2H])([2H])c1cc(C)c(C(C)(C)C)c2oc3c(ccc4ccc5ccccc5c43)c12.[2H]C([2H])([2H])c1cc(C)c(C(C)(C)C)c2oc3c4ccccc4ccc3c12.[2H]C([2H])([2H])c1cc(C)c(C(C)(C)C)c2oc3cc4ccccc4cc3c12.[2H]C([2H])([2H])c1cc(C)c(C(C)(C)C)c2oc3ccc4ccccc4c3c12. The van der Waals surface area contributed by atoms with Crippen molar-refractivity contribution in [1.29, 1.82) is 0 Å². The van der Waals surface area contributed by atoms with Crippen LogP contribution in [0.2, 0.25) is 0 Å². The molecule has 5 nitrogen and oxygen atoms in total. The molecule has 0 saturated heterocycles. The molecule has 0 unspecified atom stereocenters. The predicted octanol–water partition coefficient (Wildman–Crippen LogP) is 36.4. The molecule has 0 N–H and O–H groups in total. The van der Waals surface area contributed by atoms with Crippen LogP contribution in [-0.4, -0.2) is 0 Å². The summed E-state index contributed by atoms with van der Waals surface area (Å²) in [5.41, 5.74) is 19.3. The second-order valence-corrected chi connectivity index (χ2v) is 40.0. The van der Waals surface area contributed by atoms with Crippen LogP contribution in [0, 0.1) is 62.0 Å². The molecule has 0 aliphatic rings. The van der Waals surface area contributed by atoms with Crippen LogP contribution in [0.4, 0.5) is 0 Å². The lowest BCUT2D eigenvalue weighted by Gasteiger charge is -2.22. The second kappa shape index (κ2) is 30.2. The number of aryl methyl sites for hydroxylation is 9. The highest BCUT2D eigenvalue weighted by Crippen LogP contribution is 2.51. The number of hydrogen-bond donors (Lipinski definition) is 0. The standard InChI is InChI=1S/C29H24O.C26H24O.3C22H22O/c1-17-13-14-23-26-24(30-28(23)27(17)29(2,3)4)16-15-22-20-11-6-5-9-18(20)19-10-7-8-12-21(19)25(22)26;1-15-14-16(2)23(26(3,4)5)25-21(15)20-13-12-18-11-10-17-8-6-7-9-19(17)22(18)24(20)27-25;1-13-10-14(2)20(22(3,4)5)21-19(13)17-11-15-8-6-7-9-16(15)12-18(17)23-21;1-13-12-14(2)20(22(3,4)5)21-18(13)19-16-9-7-6-8-15(16)10-11-17(19)23-21;1-13-12-14(2)19(22(3,4)5)21-18(13)17-11-10-15-8-6-7-9-16(15)20(17)23-21/h5-16H,1-4H3;6-14H,1-5H3;3*6-12H,1-5H3/i;4*1D3. The molecule has 126 heavy (non-hydrogen) atoms. The molecule has 5 aromatic heterocycles. The van der Waals surface area contributed by atoms with Crippen LogP contribution >= 0.6 is 0 Å². The van der Waals surface area contributed by atoms with E-state index >= 15 is 0 Å². The van der Waals surface area contributed by atoms with Crippen LogP contribution in [0.15, 0.2) is 277 Å². The molecule has 23 aromatic rings. The zero-order chi connectivity index (χ0) is 98.6. The Hall–Kier alpha value is -13.0. The lowest BCUT2D eigenvalue weighted by Crippen LogP contribution is -2.13. The number of benzene rings is 18. The fourth-order valence-corrected chi connectivity index (χ4v) is 21.1. The second-order valence-electron chi connectivity index (χ2n) is 40.0. The fraction of sp³-hybridized carbons (Fsp3) is 0.240. The van der Waals surface area contributed by atoms with Crippen molar-refractivity contribution in [3.05, 3.63) is 333 Å². The van der Waals surface area contributed by atoms with Gasteiger partial charge in [0.1, 0.15) is 55.8 Å². The van der Waals surface area contributed by atoms with Gasteiger partial charge in [-0.15, -0.1) is 0 Å². The minimum absolute atomic E-state index is 0.0159. The summed E-state index contributed by atoms with van der Waals surface area (Å²) in [4.78, 5) is 0. The summed E-state index contributed by atoms with van der Waals surface area (Å²) >= 11 is 0. The Labute approximate surface area is 755 Å². The zero-order valence-corrected chi connectivity index (χ0v) is 75.8. The van der Waals surface area contributed by atoms with Gasteiger partial charge in [0.2, 0.25) is 0 Å². The third-order valence-corrected chi connectivity index (χ3v) is 25.8. The van der Waals surface area contributed by atoms with E-state index < -0.39 is 27.4 Å². The van der Waals surface area contributed by atoms with E-state index in [4.69, 9.17) is 38.5 Å². The van der Waals surface area contributed by atoms with Gasteiger partial charge in [0.15, 0.2) is 0 Å². The third kappa shape index (κ3) is 13.7. The van der Waals surface area contributed by atoms with Crippen molar-refractivity contribution in [3.63, 3.8) is 0 Å². The molecule has 0 saturated carbocycles. The van der Waals surface area contributed by atoms with E-state index in [1.54, 1.807) is 0 Å². The fourth-order valence-electron chi connectivity index (χ4n) is 21.1. The van der Waals surface area contributed by atoms with Crippen molar-refractivity contribution in [2.75, 3.05) is 0 Å². The van der Waals surface area contributed by atoms with Gasteiger partial charge in [-0.05, 0) is 252 Å². The molecule has 0 fully saturated rings. The lowest BCUT2D eigenvalue weighted by molar-refractivity contribution is 0.568. The predicted molar refractivity (Wildman–Crippen MR) is 545 cm³/mol. The summed E-state index contributed by atoms with van der Waals surface area (Å²) in [6.45, 7) is 33.7. The van der Waals surface area contributed by atoms with E-state index in [1.807, 2.05) is 179 Å². The maximum absolute atomic E-state index is 8.18. The highest BCUT2D eigenvalue weighted by Gasteiger charge is 2.32. The highest BCUT2D eigenvalue weighted by atomic mass is 16.3. The summed E-state index contributed by atoms with van der Waals surface area (Å²) in [5, 5.41) is 27.4. The van der Waals surface area contributed by atoms with Gasteiger partial charge in [-0.25, -0.2) is 0 Å². The zero-order valence-electron chi connectivity index (χ0n) is 87.8. The molecule has 18 aromatic carbocycles. The first-order valence-electron chi connectivity index (χ1n) is 49.9. The normalized spacial score (nSPS) is 14.4. The molecular weight excluding hydrogens is 1530 g/mol. The minimum atomic E-state index is -2.22. The van der Waals surface area contributed by atoms with Crippen LogP contribution in [0.1, 0.15) is 198 Å². The summed E-state index contributed by atoms with van der Waals surface area (Å²) < 4.78 is 129. The van der Waals surface area contributed by atoms with Gasteiger partial charge in [-0.3, -0.25) is 0 Å². The minimum Gasteiger partial charge on any atom is -0.456 e. The molecule has 0 amide bonds. The van der Waals surface area contributed by atoms with Gasteiger partial charge < -0.3 is 22.1 Å². The van der Waals surface area contributed by atoms with Gasteiger partial charge >= 0.3 is 0 Å². The average Bonchev–Trinajstić information content (AvgIpc) is 1.28. The first kappa shape index (κ1) is 69.4. The smallest absolute Gasteiger partial charge is 0.143 e. The van der Waals surface area contributed by atoms with Gasteiger partial charge in [-0.2, -0.15) is 0 Å². The first-order valence-corrected chi connectivity index (χ1v) is 43.9. The van der Waals surface area contributed by atoms with E-state index in [9.17, 15) is 0 Å². The van der Waals surface area contributed by atoms with E-state index in [0.717, 1.165) is 175 Å². The topological polar surface area (TPSA) is 65.7 Å². The average molecular weight is 1660 g/mol. The molecule has 5 heterocycles. The first-order chi connectivity index (χ1) is 64.8. The molecule has 0 spiro atoms. The van der Waals surface area contributed by atoms with Gasteiger partial charge in [0.05, 0.1) is 0 Å². The van der Waals surface area contributed by atoms with Crippen molar-refractivity contribution >= 4 is 196 Å². The molecule has 0 radical (unpaired) electrons. The van der Waals surface area contributed by atoms with E-state index in [1.165, 1.54) is 54.2 Å². The Bertz CT molecular complexity index is 8860.